The van der Waals surface area contributed by atoms with Crippen molar-refractivity contribution in [3.8, 4) is 0 Å². The summed E-state index contributed by atoms with van der Waals surface area (Å²) in [5.41, 5.74) is 0. The van der Waals surface area contributed by atoms with Crippen molar-refractivity contribution in [1.29, 1.82) is 0 Å². The number of rotatable bonds is 9. The molecule has 0 fully saturated rings. The van der Waals surface area contributed by atoms with Crippen LogP contribution < -0.4 is 10.6 Å². The SMILES string of the molecule is COCCNCC(C)NCCN(C)C. The Balaban J connectivity index is 3.15. The van der Waals surface area contributed by atoms with Gasteiger partial charge in [0.15, 0.2) is 0 Å². The normalized spacial score (nSPS) is 13.5. The number of hydrogen-bond donors (Lipinski definition) is 2. The predicted octanol–water partition coefficient (Wildman–Crippen LogP) is -0.238. The van der Waals surface area contributed by atoms with Crippen LogP contribution in [0.5, 0.6) is 0 Å². The van der Waals surface area contributed by atoms with Crippen molar-refractivity contribution < 1.29 is 4.74 Å². The zero-order valence-electron chi connectivity index (χ0n) is 9.97. The minimum Gasteiger partial charge on any atom is -0.383 e. The monoisotopic (exact) mass is 203 g/mol. The summed E-state index contributed by atoms with van der Waals surface area (Å²) in [6, 6.07) is 0.520. The summed E-state index contributed by atoms with van der Waals surface area (Å²) in [4.78, 5) is 2.18. The summed E-state index contributed by atoms with van der Waals surface area (Å²) in [6.45, 7) is 7.02. The Bertz CT molecular complexity index is 120. The highest BCUT2D eigenvalue weighted by Crippen LogP contribution is 1.79. The van der Waals surface area contributed by atoms with E-state index in [1.807, 2.05) is 0 Å². The molecule has 0 aromatic heterocycles. The van der Waals surface area contributed by atoms with Gasteiger partial charge in [-0.3, -0.25) is 0 Å². The van der Waals surface area contributed by atoms with E-state index in [9.17, 15) is 0 Å². The molecule has 4 heteroatoms. The summed E-state index contributed by atoms with van der Waals surface area (Å²) in [7, 11) is 5.90. The van der Waals surface area contributed by atoms with Crippen LogP contribution in [-0.4, -0.2) is 64.9 Å². The molecule has 0 heterocycles. The van der Waals surface area contributed by atoms with E-state index in [0.717, 1.165) is 32.8 Å². The van der Waals surface area contributed by atoms with Crippen LogP contribution in [-0.2, 0) is 4.74 Å². The van der Waals surface area contributed by atoms with Crippen LogP contribution in [0.25, 0.3) is 0 Å². The highest BCUT2D eigenvalue weighted by molar-refractivity contribution is 4.64. The Kier molecular flexibility index (Phi) is 9.29. The van der Waals surface area contributed by atoms with Gasteiger partial charge >= 0.3 is 0 Å². The van der Waals surface area contributed by atoms with Gasteiger partial charge in [0.05, 0.1) is 6.61 Å². The van der Waals surface area contributed by atoms with E-state index in [1.165, 1.54) is 0 Å². The third-order valence-corrected chi connectivity index (χ3v) is 1.99. The second kappa shape index (κ2) is 9.40. The number of hydrogen-bond acceptors (Lipinski definition) is 4. The van der Waals surface area contributed by atoms with Crippen molar-refractivity contribution in [2.45, 2.75) is 13.0 Å². The molecular formula is C10H25N3O. The van der Waals surface area contributed by atoms with Gasteiger partial charge < -0.3 is 20.3 Å². The third kappa shape index (κ3) is 9.92. The van der Waals surface area contributed by atoms with Crippen LogP contribution in [0.3, 0.4) is 0 Å². The molecule has 0 aliphatic rings. The fourth-order valence-electron chi connectivity index (χ4n) is 1.10. The molecule has 4 nitrogen and oxygen atoms in total. The van der Waals surface area contributed by atoms with Gasteiger partial charge in [-0.15, -0.1) is 0 Å². The van der Waals surface area contributed by atoms with Crippen molar-refractivity contribution in [2.24, 2.45) is 0 Å². The number of likely N-dealkylation sites (N-methyl/N-ethyl adjacent to an activating group) is 1. The third-order valence-electron chi connectivity index (χ3n) is 1.99. The average Bonchev–Trinajstić information content (AvgIpc) is 2.12. The van der Waals surface area contributed by atoms with E-state index in [4.69, 9.17) is 4.74 Å². The smallest absolute Gasteiger partial charge is 0.0587 e. The van der Waals surface area contributed by atoms with E-state index < -0.39 is 0 Å². The predicted molar refractivity (Wildman–Crippen MR) is 60.8 cm³/mol. The van der Waals surface area contributed by atoms with Crippen molar-refractivity contribution in [3.63, 3.8) is 0 Å². The first-order valence-corrected chi connectivity index (χ1v) is 5.24. The van der Waals surface area contributed by atoms with Gasteiger partial charge in [0.2, 0.25) is 0 Å². The lowest BCUT2D eigenvalue weighted by Gasteiger charge is -2.16. The molecule has 14 heavy (non-hydrogen) atoms. The molecule has 1 unspecified atom stereocenters. The van der Waals surface area contributed by atoms with E-state index in [-0.39, 0.29) is 0 Å². The molecule has 0 spiro atoms. The zero-order chi connectivity index (χ0) is 10.8. The molecule has 0 aliphatic carbocycles. The van der Waals surface area contributed by atoms with Gasteiger partial charge in [0, 0.05) is 39.3 Å². The summed E-state index contributed by atoms with van der Waals surface area (Å²) < 4.78 is 4.95. The summed E-state index contributed by atoms with van der Waals surface area (Å²) in [6.07, 6.45) is 0. The molecule has 2 N–H and O–H groups in total. The molecule has 0 aromatic carbocycles. The van der Waals surface area contributed by atoms with Gasteiger partial charge in [-0.1, -0.05) is 0 Å². The first-order valence-electron chi connectivity index (χ1n) is 5.24. The Morgan fingerprint density at radius 3 is 2.57 bits per heavy atom. The van der Waals surface area contributed by atoms with Crippen LogP contribution in [0, 0.1) is 0 Å². The van der Waals surface area contributed by atoms with Gasteiger partial charge in [0.1, 0.15) is 0 Å². The Morgan fingerprint density at radius 1 is 1.29 bits per heavy atom. The Hall–Kier alpha value is -0.160. The topological polar surface area (TPSA) is 36.5 Å². The minimum atomic E-state index is 0.520. The van der Waals surface area contributed by atoms with Crippen molar-refractivity contribution >= 4 is 0 Å². The molecule has 0 bridgehead atoms. The number of nitrogens with zero attached hydrogens (tertiary/aromatic N) is 1. The van der Waals surface area contributed by atoms with Gasteiger partial charge in [-0.2, -0.15) is 0 Å². The molecule has 1 atom stereocenters. The lowest BCUT2D eigenvalue weighted by atomic mass is 10.3. The van der Waals surface area contributed by atoms with Gasteiger partial charge in [-0.05, 0) is 21.0 Å². The second-order valence-corrected chi connectivity index (χ2v) is 3.86. The molecule has 0 aromatic rings. The summed E-state index contributed by atoms with van der Waals surface area (Å²) in [5, 5.41) is 6.77. The van der Waals surface area contributed by atoms with E-state index >= 15 is 0 Å². The fourth-order valence-corrected chi connectivity index (χ4v) is 1.10. The van der Waals surface area contributed by atoms with Crippen LogP contribution in [0.15, 0.2) is 0 Å². The molecule has 0 radical (unpaired) electrons. The van der Waals surface area contributed by atoms with E-state index in [2.05, 4.69) is 36.6 Å². The lowest BCUT2D eigenvalue weighted by molar-refractivity contribution is 0.198. The lowest BCUT2D eigenvalue weighted by Crippen LogP contribution is -2.40. The molecule has 86 valence electrons. The highest BCUT2D eigenvalue weighted by Gasteiger charge is 1.99. The Morgan fingerprint density at radius 2 is 2.00 bits per heavy atom. The molecule has 0 saturated carbocycles. The minimum absolute atomic E-state index is 0.520. The van der Waals surface area contributed by atoms with Crippen LogP contribution in [0.2, 0.25) is 0 Å². The van der Waals surface area contributed by atoms with Crippen molar-refractivity contribution in [2.75, 3.05) is 54.0 Å². The molecule has 0 amide bonds. The number of nitrogens with one attached hydrogen (secondary N) is 2. The maximum absolute atomic E-state index is 4.95. The van der Waals surface area contributed by atoms with Crippen LogP contribution >= 0.6 is 0 Å². The highest BCUT2D eigenvalue weighted by atomic mass is 16.5. The van der Waals surface area contributed by atoms with Gasteiger partial charge in [0.25, 0.3) is 0 Å². The first kappa shape index (κ1) is 13.8. The zero-order valence-corrected chi connectivity index (χ0v) is 9.97. The fraction of sp³-hybridized carbons (Fsp3) is 1.00. The molecule has 0 aliphatic heterocycles. The van der Waals surface area contributed by atoms with Crippen molar-refractivity contribution in [1.82, 2.24) is 15.5 Å². The quantitative estimate of drug-likeness (QED) is 0.507. The average molecular weight is 203 g/mol. The Labute approximate surface area is 88.0 Å². The largest absolute Gasteiger partial charge is 0.383 e. The van der Waals surface area contributed by atoms with Crippen molar-refractivity contribution in [3.05, 3.63) is 0 Å². The first-order chi connectivity index (χ1) is 6.66. The van der Waals surface area contributed by atoms with E-state index in [1.54, 1.807) is 7.11 Å². The molecule has 0 rings (SSSR count). The second-order valence-electron chi connectivity index (χ2n) is 3.86. The molecular weight excluding hydrogens is 178 g/mol. The summed E-state index contributed by atoms with van der Waals surface area (Å²) in [5.74, 6) is 0. The number of methoxy groups -OCH3 is 1. The van der Waals surface area contributed by atoms with Crippen LogP contribution in [0.4, 0.5) is 0 Å². The van der Waals surface area contributed by atoms with E-state index in [0.29, 0.717) is 6.04 Å². The standard InChI is InChI=1S/C10H25N3O/c1-10(9-11-6-8-14-4)12-5-7-13(2)3/h10-12H,5-9H2,1-4H3. The van der Waals surface area contributed by atoms with Gasteiger partial charge in [-0.25, -0.2) is 0 Å². The maximum Gasteiger partial charge on any atom is 0.0587 e. The maximum atomic E-state index is 4.95. The molecule has 0 saturated heterocycles. The number of ether oxygens (including phenoxy) is 1. The van der Waals surface area contributed by atoms with Crippen LogP contribution in [0.1, 0.15) is 6.92 Å². The summed E-state index contributed by atoms with van der Waals surface area (Å²) >= 11 is 0.